The van der Waals surface area contributed by atoms with Gasteiger partial charge in [0.1, 0.15) is 17.2 Å². The SMILES string of the molecule is NS(=O)(=O)CCN1CC(c2cccc(Oc3cnccn3)c2)N(c2ccc(Oc3ccc(Cl)cc3)cc2)C1=O. The second-order valence-corrected chi connectivity index (χ2v) is 10.9. The van der Waals surface area contributed by atoms with Crippen LogP contribution in [0.15, 0.2) is 91.4 Å². The van der Waals surface area contributed by atoms with Crippen LogP contribution in [-0.2, 0) is 10.0 Å². The minimum atomic E-state index is -3.75. The zero-order valence-corrected chi connectivity index (χ0v) is 22.1. The van der Waals surface area contributed by atoms with Crippen molar-refractivity contribution in [1.82, 2.24) is 14.9 Å². The number of halogens is 1. The Kier molecular flexibility index (Phi) is 7.64. The molecule has 5 rings (SSSR count). The molecular formula is C27H24ClN5O5S. The molecule has 1 unspecified atom stereocenters. The molecule has 10 nitrogen and oxygen atoms in total. The Bertz CT molecular complexity index is 1550. The largest absolute Gasteiger partial charge is 0.457 e. The Morgan fingerprint density at radius 2 is 1.67 bits per heavy atom. The van der Waals surface area contributed by atoms with E-state index in [1.807, 2.05) is 18.2 Å². The summed E-state index contributed by atoms with van der Waals surface area (Å²) in [7, 11) is -3.75. The van der Waals surface area contributed by atoms with E-state index in [9.17, 15) is 13.2 Å². The van der Waals surface area contributed by atoms with Crippen LogP contribution in [0, 0.1) is 0 Å². The third-order valence-corrected chi connectivity index (χ3v) is 7.00. The second kappa shape index (κ2) is 11.3. The Morgan fingerprint density at radius 1 is 0.949 bits per heavy atom. The van der Waals surface area contributed by atoms with Crippen molar-refractivity contribution < 1.29 is 22.7 Å². The van der Waals surface area contributed by atoms with E-state index in [-0.39, 0.29) is 24.9 Å². The first-order valence-electron chi connectivity index (χ1n) is 11.9. The number of sulfonamides is 1. The van der Waals surface area contributed by atoms with Gasteiger partial charge in [0, 0.05) is 36.2 Å². The number of carbonyl (C=O) groups is 1. The molecule has 1 aliphatic rings. The fourth-order valence-corrected chi connectivity index (χ4v) is 4.78. The molecule has 12 heteroatoms. The summed E-state index contributed by atoms with van der Waals surface area (Å²) in [6, 6.07) is 20.6. The average Bonchev–Trinajstić information content (AvgIpc) is 3.26. The highest BCUT2D eigenvalue weighted by Crippen LogP contribution is 2.37. The molecule has 0 aliphatic carbocycles. The number of hydrogen-bond donors (Lipinski definition) is 1. The average molecular weight is 566 g/mol. The fourth-order valence-electron chi connectivity index (χ4n) is 4.18. The van der Waals surface area contributed by atoms with Gasteiger partial charge in [-0.05, 0) is 66.2 Å². The topological polar surface area (TPSA) is 128 Å². The number of primary sulfonamides is 1. The van der Waals surface area contributed by atoms with Crippen molar-refractivity contribution in [3.05, 3.63) is 102 Å². The number of nitrogens with zero attached hydrogens (tertiary/aromatic N) is 4. The molecule has 2 heterocycles. The number of hydrogen-bond acceptors (Lipinski definition) is 7. The van der Waals surface area contributed by atoms with Crippen LogP contribution in [0.4, 0.5) is 10.5 Å². The molecule has 4 aromatic rings. The summed E-state index contributed by atoms with van der Waals surface area (Å²) < 4.78 is 34.9. The van der Waals surface area contributed by atoms with Crippen LogP contribution in [-0.4, -0.2) is 48.2 Å². The van der Waals surface area contributed by atoms with Crippen molar-refractivity contribution >= 4 is 33.3 Å². The molecular weight excluding hydrogens is 542 g/mol. The van der Waals surface area contributed by atoms with Crippen molar-refractivity contribution in [2.24, 2.45) is 5.14 Å². The lowest BCUT2D eigenvalue weighted by atomic mass is 10.1. The zero-order chi connectivity index (χ0) is 27.4. The van der Waals surface area contributed by atoms with E-state index in [0.29, 0.717) is 33.8 Å². The van der Waals surface area contributed by atoms with Gasteiger partial charge in [-0.25, -0.2) is 23.3 Å². The summed E-state index contributed by atoms with van der Waals surface area (Å²) in [6.45, 7) is 0.226. The minimum Gasteiger partial charge on any atom is -0.457 e. The molecule has 1 fully saturated rings. The van der Waals surface area contributed by atoms with Gasteiger partial charge in [-0.2, -0.15) is 0 Å². The number of ether oxygens (including phenoxy) is 2. The predicted molar refractivity (Wildman–Crippen MR) is 147 cm³/mol. The maximum Gasteiger partial charge on any atom is 0.325 e. The van der Waals surface area contributed by atoms with Gasteiger partial charge in [0.2, 0.25) is 15.9 Å². The number of benzene rings is 3. The first kappa shape index (κ1) is 26.4. The number of anilines is 1. The molecule has 3 aromatic carbocycles. The monoisotopic (exact) mass is 565 g/mol. The van der Waals surface area contributed by atoms with Gasteiger partial charge in [0.15, 0.2) is 0 Å². The summed E-state index contributed by atoms with van der Waals surface area (Å²) >= 11 is 5.94. The third-order valence-electron chi connectivity index (χ3n) is 6.00. The van der Waals surface area contributed by atoms with Gasteiger partial charge in [0.25, 0.3) is 0 Å². The molecule has 0 bridgehead atoms. The molecule has 0 radical (unpaired) electrons. The maximum atomic E-state index is 13.5. The Morgan fingerprint density at radius 3 is 2.33 bits per heavy atom. The Balaban J connectivity index is 1.42. The van der Waals surface area contributed by atoms with Crippen LogP contribution in [0.1, 0.15) is 11.6 Å². The standard InChI is InChI=1S/C27H24ClN5O5S/c28-20-4-8-22(9-5-20)37-23-10-6-21(7-11-23)33-25(18-32(27(33)34)14-15-39(29,35)36)19-2-1-3-24(16-19)38-26-17-30-12-13-31-26/h1-13,16-17,25H,14-15,18H2,(H2,29,35,36). The van der Waals surface area contributed by atoms with Crippen molar-refractivity contribution in [3.8, 4) is 23.1 Å². The normalized spacial score (nSPS) is 15.4. The van der Waals surface area contributed by atoms with E-state index in [2.05, 4.69) is 9.97 Å². The van der Waals surface area contributed by atoms with Crippen molar-refractivity contribution in [1.29, 1.82) is 0 Å². The molecule has 200 valence electrons. The van der Waals surface area contributed by atoms with Crippen LogP contribution in [0.3, 0.4) is 0 Å². The Hall–Kier alpha value is -4.19. The number of aromatic nitrogens is 2. The lowest BCUT2D eigenvalue weighted by Crippen LogP contribution is -2.36. The van der Waals surface area contributed by atoms with Crippen LogP contribution in [0.2, 0.25) is 5.02 Å². The van der Waals surface area contributed by atoms with Crippen molar-refractivity contribution in [2.75, 3.05) is 23.7 Å². The molecule has 1 aromatic heterocycles. The number of nitrogens with two attached hydrogens (primary N) is 1. The molecule has 1 aliphatic heterocycles. The van der Waals surface area contributed by atoms with E-state index in [4.69, 9.17) is 26.2 Å². The summed E-state index contributed by atoms with van der Waals surface area (Å²) in [5.41, 5.74) is 1.41. The Labute approximate surface area is 230 Å². The molecule has 1 atom stereocenters. The highest BCUT2D eigenvalue weighted by atomic mass is 35.5. The van der Waals surface area contributed by atoms with Crippen LogP contribution < -0.4 is 19.5 Å². The molecule has 0 spiro atoms. The lowest BCUT2D eigenvalue weighted by molar-refractivity contribution is 0.223. The van der Waals surface area contributed by atoms with Crippen LogP contribution in [0.5, 0.6) is 23.1 Å². The summed E-state index contributed by atoms with van der Waals surface area (Å²) in [4.78, 5) is 24.8. The van der Waals surface area contributed by atoms with Gasteiger partial charge >= 0.3 is 6.03 Å². The second-order valence-electron chi connectivity index (χ2n) is 8.75. The van der Waals surface area contributed by atoms with E-state index in [0.717, 1.165) is 5.56 Å². The summed E-state index contributed by atoms with van der Waals surface area (Å²) in [5.74, 6) is 1.71. The van der Waals surface area contributed by atoms with Gasteiger partial charge in [-0.15, -0.1) is 0 Å². The highest BCUT2D eigenvalue weighted by molar-refractivity contribution is 7.89. The molecule has 1 saturated heterocycles. The number of urea groups is 1. The van der Waals surface area contributed by atoms with Gasteiger partial charge in [-0.1, -0.05) is 23.7 Å². The maximum absolute atomic E-state index is 13.5. The number of amides is 2. The molecule has 0 saturated carbocycles. The van der Waals surface area contributed by atoms with Crippen molar-refractivity contribution in [3.63, 3.8) is 0 Å². The number of carbonyl (C=O) groups excluding carboxylic acids is 1. The van der Waals surface area contributed by atoms with Gasteiger partial charge in [0.05, 0.1) is 18.0 Å². The number of rotatable bonds is 9. The summed E-state index contributed by atoms with van der Waals surface area (Å²) in [6.07, 6.45) is 4.58. The van der Waals surface area contributed by atoms with Gasteiger partial charge in [-0.3, -0.25) is 9.88 Å². The highest BCUT2D eigenvalue weighted by Gasteiger charge is 2.39. The van der Waals surface area contributed by atoms with E-state index in [1.165, 1.54) is 17.3 Å². The van der Waals surface area contributed by atoms with E-state index in [1.54, 1.807) is 65.7 Å². The quantitative estimate of drug-likeness (QED) is 0.303. The molecule has 2 N–H and O–H groups in total. The van der Waals surface area contributed by atoms with E-state index < -0.39 is 16.1 Å². The predicted octanol–water partition coefficient (Wildman–Crippen LogP) is 4.99. The zero-order valence-electron chi connectivity index (χ0n) is 20.6. The molecule has 39 heavy (non-hydrogen) atoms. The smallest absolute Gasteiger partial charge is 0.325 e. The minimum absolute atomic E-state index is 0.0295. The lowest BCUT2D eigenvalue weighted by Gasteiger charge is -2.24. The van der Waals surface area contributed by atoms with Crippen molar-refractivity contribution in [2.45, 2.75) is 6.04 Å². The third kappa shape index (κ3) is 6.63. The summed E-state index contributed by atoms with van der Waals surface area (Å²) in [5, 5.41) is 5.81. The van der Waals surface area contributed by atoms with Crippen LogP contribution >= 0.6 is 11.6 Å². The first-order chi connectivity index (χ1) is 18.7. The van der Waals surface area contributed by atoms with Gasteiger partial charge < -0.3 is 14.4 Å². The first-order valence-corrected chi connectivity index (χ1v) is 14.0. The fraction of sp³-hybridized carbons (Fsp3) is 0.148. The van der Waals surface area contributed by atoms with E-state index >= 15 is 0 Å². The molecule has 2 amide bonds. The van der Waals surface area contributed by atoms with Crippen LogP contribution in [0.25, 0.3) is 0 Å².